The van der Waals surface area contributed by atoms with Crippen LogP contribution in [-0.4, -0.2) is 50.9 Å². The highest BCUT2D eigenvalue weighted by atomic mass is 35.5. The van der Waals surface area contributed by atoms with Crippen LogP contribution in [-0.2, 0) is 26.2 Å². The highest BCUT2D eigenvalue weighted by Crippen LogP contribution is 2.30. The van der Waals surface area contributed by atoms with Gasteiger partial charge in [0, 0.05) is 33.7 Å². The first-order chi connectivity index (χ1) is 20.0. The summed E-state index contributed by atoms with van der Waals surface area (Å²) >= 11 is 18.9. The molecule has 0 aliphatic rings. The van der Waals surface area contributed by atoms with Crippen molar-refractivity contribution in [1.29, 1.82) is 0 Å². The van der Waals surface area contributed by atoms with Gasteiger partial charge >= 0.3 is 0 Å². The van der Waals surface area contributed by atoms with E-state index in [2.05, 4.69) is 5.32 Å². The fraction of sp³-hybridized carbons (Fsp3) is 0.333. The van der Waals surface area contributed by atoms with Gasteiger partial charge in [0.2, 0.25) is 11.8 Å². The molecule has 3 aromatic rings. The van der Waals surface area contributed by atoms with Crippen LogP contribution < -0.4 is 14.4 Å². The molecule has 42 heavy (non-hydrogen) atoms. The molecule has 8 nitrogen and oxygen atoms in total. The number of amides is 2. The predicted molar refractivity (Wildman–Crippen MR) is 168 cm³/mol. The fourth-order valence-corrected chi connectivity index (χ4v) is 6.33. The van der Waals surface area contributed by atoms with Gasteiger partial charge in [0.25, 0.3) is 10.0 Å². The van der Waals surface area contributed by atoms with Crippen molar-refractivity contribution in [2.75, 3.05) is 24.0 Å². The van der Waals surface area contributed by atoms with Gasteiger partial charge in [-0.05, 0) is 80.4 Å². The lowest BCUT2D eigenvalue weighted by molar-refractivity contribution is -0.140. The maximum Gasteiger partial charge on any atom is 0.264 e. The lowest BCUT2D eigenvalue weighted by Crippen LogP contribution is -2.52. The summed E-state index contributed by atoms with van der Waals surface area (Å²) in [6.07, 6.45) is 0.980. The van der Waals surface area contributed by atoms with Crippen molar-refractivity contribution in [3.05, 3.63) is 87.4 Å². The topological polar surface area (TPSA) is 96.0 Å². The molecule has 3 rings (SSSR count). The van der Waals surface area contributed by atoms with Crippen LogP contribution >= 0.6 is 34.8 Å². The second-order valence-corrected chi connectivity index (χ2v) is 12.4. The van der Waals surface area contributed by atoms with Crippen molar-refractivity contribution in [3.8, 4) is 5.75 Å². The van der Waals surface area contributed by atoms with Crippen molar-refractivity contribution >= 4 is 62.3 Å². The maximum absolute atomic E-state index is 14.1. The van der Waals surface area contributed by atoms with Gasteiger partial charge in [-0.15, -0.1) is 0 Å². The molecule has 0 bridgehead atoms. The van der Waals surface area contributed by atoms with E-state index < -0.39 is 28.5 Å². The molecule has 0 aromatic heterocycles. The van der Waals surface area contributed by atoms with E-state index in [1.807, 2.05) is 13.8 Å². The van der Waals surface area contributed by atoms with Crippen LogP contribution in [0.5, 0.6) is 5.75 Å². The minimum atomic E-state index is -4.25. The second kappa shape index (κ2) is 15.5. The van der Waals surface area contributed by atoms with E-state index in [0.717, 1.165) is 4.31 Å². The fourth-order valence-electron chi connectivity index (χ4n) is 4.28. The molecule has 0 unspecified atom stereocenters. The molecule has 12 heteroatoms. The van der Waals surface area contributed by atoms with E-state index in [1.165, 1.54) is 29.2 Å². The molecule has 0 aliphatic carbocycles. The number of hydrogen-bond acceptors (Lipinski definition) is 5. The van der Waals surface area contributed by atoms with Crippen molar-refractivity contribution in [3.63, 3.8) is 0 Å². The summed E-state index contributed by atoms with van der Waals surface area (Å²) in [4.78, 5) is 28.6. The smallest absolute Gasteiger partial charge is 0.264 e. The SMILES string of the molecule is CCCNC(=O)[C@@H](CC)N(Cc1c(Cl)cccc1Cl)C(=O)CN(c1ccc(OCC)cc1)S(=O)(=O)c1ccc(Cl)cc1. The molecular formula is C30H34Cl3N3O5S. The third-order valence-corrected chi connectivity index (χ3v) is 9.19. The molecule has 0 saturated carbocycles. The molecule has 0 fully saturated rings. The first-order valence-electron chi connectivity index (χ1n) is 13.5. The van der Waals surface area contributed by atoms with Gasteiger partial charge in [-0.3, -0.25) is 13.9 Å². The Morgan fingerprint density at radius 1 is 0.905 bits per heavy atom. The van der Waals surface area contributed by atoms with E-state index in [9.17, 15) is 18.0 Å². The minimum absolute atomic E-state index is 0.0537. The van der Waals surface area contributed by atoms with E-state index in [-0.39, 0.29) is 29.5 Å². The minimum Gasteiger partial charge on any atom is -0.494 e. The Labute approximate surface area is 262 Å². The number of hydrogen-bond donors (Lipinski definition) is 1. The predicted octanol–water partition coefficient (Wildman–Crippen LogP) is 6.57. The monoisotopic (exact) mass is 653 g/mol. The number of halogens is 3. The van der Waals surface area contributed by atoms with Crippen molar-refractivity contribution in [1.82, 2.24) is 10.2 Å². The summed E-state index contributed by atoms with van der Waals surface area (Å²) in [5, 5.41) is 3.85. The molecule has 0 spiro atoms. The number of sulfonamides is 1. The van der Waals surface area contributed by atoms with Crippen molar-refractivity contribution < 1.29 is 22.7 Å². The molecule has 0 aliphatic heterocycles. The van der Waals surface area contributed by atoms with Gasteiger partial charge < -0.3 is 15.0 Å². The Bertz CT molecular complexity index is 1450. The van der Waals surface area contributed by atoms with Gasteiger partial charge in [-0.25, -0.2) is 8.42 Å². The molecule has 1 atom stereocenters. The summed E-state index contributed by atoms with van der Waals surface area (Å²) in [5.41, 5.74) is 0.685. The van der Waals surface area contributed by atoms with Crippen LogP contribution in [0.3, 0.4) is 0 Å². The quantitative estimate of drug-likeness (QED) is 0.212. The van der Waals surface area contributed by atoms with E-state index in [4.69, 9.17) is 39.5 Å². The average Bonchev–Trinajstić information content (AvgIpc) is 2.97. The number of nitrogens with one attached hydrogen (secondary N) is 1. The summed E-state index contributed by atoms with van der Waals surface area (Å²) in [5.74, 6) is -0.426. The lowest BCUT2D eigenvalue weighted by Gasteiger charge is -2.33. The molecule has 0 saturated heterocycles. The maximum atomic E-state index is 14.1. The molecule has 226 valence electrons. The van der Waals surface area contributed by atoms with Gasteiger partial charge in [-0.1, -0.05) is 54.7 Å². The number of rotatable bonds is 14. The summed E-state index contributed by atoms with van der Waals surface area (Å²) in [7, 11) is -4.25. The largest absolute Gasteiger partial charge is 0.494 e. The molecular weight excluding hydrogens is 621 g/mol. The van der Waals surface area contributed by atoms with Crippen LogP contribution in [0, 0.1) is 0 Å². The van der Waals surface area contributed by atoms with Crippen molar-refractivity contribution in [2.24, 2.45) is 0 Å². The van der Waals surface area contributed by atoms with Gasteiger partial charge in [-0.2, -0.15) is 0 Å². The van der Waals surface area contributed by atoms with E-state index >= 15 is 0 Å². The van der Waals surface area contributed by atoms with Gasteiger partial charge in [0.05, 0.1) is 17.2 Å². The van der Waals surface area contributed by atoms with Crippen molar-refractivity contribution in [2.45, 2.75) is 51.1 Å². The number of ether oxygens (including phenoxy) is 1. The van der Waals surface area contributed by atoms with Crippen LogP contribution in [0.4, 0.5) is 5.69 Å². The second-order valence-electron chi connectivity index (χ2n) is 9.33. The molecule has 3 aromatic carbocycles. The summed E-state index contributed by atoms with van der Waals surface area (Å²) < 4.78 is 34.4. The first kappa shape index (κ1) is 33.5. The summed E-state index contributed by atoms with van der Waals surface area (Å²) in [6, 6.07) is 16.1. The van der Waals surface area contributed by atoms with Crippen LogP contribution in [0.2, 0.25) is 15.1 Å². The molecule has 1 N–H and O–H groups in total. The molecule has 0 heterocycles. The Balaban J connectivity index is 2.09. The van der Waals surface area contributed by atoms with E-state index in [0.29, 0.717) is 46.0 Å². The Hall–Kier alpha value is -2.98. The highest BCUT2D eigenvalue weighted by Gasteiger charge is 2.34. The number of benzene rings is 3. The van der Waals surface area contributed by atoms with Crippen LogP contribution in [0.15, 0.2) is 71.6 Å². The average molecular weight is 655 g/mol. The normalized spacial score (nSPS) is 12.0. The third kappa shape index (κ3) is 8.31. The van der Waals surface area contributed by atoms with Gasteiger partial charge in [0.15, 0.2) is 0 Å². The lowest BCUT2D eigenvalue weighted by atomic mass is 10.1. The zero-order valence-corrected chi connectivity index (χ0v) is 26.7. The molecule has 0 radical (unpaired) electrons. The number of carbonyl (C=O) groups is 2. The number of anilines is 1. The Morgan fingerprint density at radius 2 is 1.52 bits per heavy atom. The standard InChI is InChI=1S/C30H34Cl3N3O5S/c1-4-18-34-30(38)28(5-2)35(19-25-26(32)8-7-9-27(25)33)29(37)20-36(22-12-14-23(15-13-22)41-6-3)42(39,40)24-16-10-21(31)11-17-24/h7-17,28H,4-6,18-20H2,1-3H3,(H,34,38)/t28-/m1/s1. The third-order valence-electron chi connectivity index (χ3n) is 6.44. The van der Waals surface area contributed by atoms with Crippen LogP contribution in [0.1, 0.15) is 39.2 Å². The Morgan fingerprint density at radius 3 is 2.07 bits per heavy atom. The number of nitrogens with zero attached hydrogens (tertiary/aromatic N) is 2. The zero-order valence-electron chi connectivity index (χ0n) is 23.6. The number of carbonyl (C=O) groups excluding carboxylic acids is 2. The van der Waals surface area contributed by atoms with E-state index in [1.54, 1.807) is 49.4 Å². The first-order valence-corrected chi connectivity index (χ1v) is 16.1. The van der Waals surface area contributed by atoms with Crippen LogP contribution in [0.25, 0.3) is 0 Å². The van der Waals surface area contributed by atoms with Gasteiger partial charge in [0.1, 0.15) is 18.3 Å². The molecule has 2 amide bonds. The zero-order chi connectivity index (χ0) is 30.9. The summed E-state index contributed by atoms with van der Waals surface area (Å²) in [6.45, 7) is 5.69. The highest BCUT2D eigenvalue weighted by molar-refractivity contribution is 7.92. The Kier molecular flexibility index (Phi) is 12.4.